The largest absolute Gasteiger partial charge is 0.569 e. The van der Waals surface area contributed by atoms with Crippen LogP contribution in [0.1, 0.15) is 0 Å². The molecule has 0 aliphatic heterocycles. The molecule has 0 aliphatic rings. The third-order valence-corrected chi connectivity index (χ3v) is 7.77. The Morgan fingerprint density at radius 2 is 1.40 bits per heavy atom. The van der Waals surface area contributed by atoms with Crippen LogP contribution in [0, 0.1) is 0 Å². The minimum atomic E-state index is 0.324. The third kappa shape index (κ3) is 3.95. The highest BCUT2D eigenvalue weighted by atomic mass is 16.5. The molecule has 0 unspecified atom stereocenters. The summed E-state index contributed by atoms with van der Waals surface area (Å²) in [4.78, 5) is 10.1. The molecule has 0 bridgehead atoms. The van der Waals surface area contributed by atoms with Crippen molar-refractivity contribution in [3.63, 3.8) is 0 Å². The van der Waals surface area contributed by atoms with Gasteiger partial charge in [0.15, 0.2) is 17.0 Å². The summed E-state index contributed by atoms with van der Waals surface area (Å²) in [5, 5.41) is 12.4. The molecule has 0 aliphatic carbocycles. The predicted octanol–water partition coefficient (Wildman–Crippen LogP) is 7.72. The van der Waals surface area contributed by atoms with Crippen molar-refractivity contribution >= 4 is 51.6 Å². The minimum Gasteiger partial charge on any atom is -0.535 e. The van der Waals surface area contributed by atoms with Crippen LogP contribution < -0.4 is 9.39 Å². The van der Waals surface area contributed by atoms with Crippen molar-refractivity contribution in [2.24, 2.45) is 0 Å². The van der Waals surface area contributed by atoms with E-state index in [1.54, 1.807) is 6.07 Å². The van der Waals surface area contributed by atoms with Crippen molar-refractivity contribution in [3.05, 3.63) is 115 Å². The first-order valence-corrected chi connectivity index (χ1v) is 13.8. The molecular formula is C35H23BN3O4. The Kier molecular flexibility index (Phi) is 5.87. The lowest BCUT2D eigenvalue weighted by molar-refractivity contribution is 0.380. The summed E-state index contributed by atoms with van der Waals surface area (Å²) in [5.74, 6) is 1.25. The summed E-state index contributed by atoms with van der Waals surface area (Å²) in [5.41, 5.74) is 7.35. The normalized spacial score (nSPS) is 11.5. The van der Waals surface area contributed by atoms with E-state index in [4.69, 9.17) is 23.8 Å². The lowest BCUT2D eigenvalue weighted by atomic mass is 10.1. The quantitative estimate of drug-likeness (QED) is 0.210. The molecule has 0 atom stereocenters. The van der Waals surface area contributed by atoms with E-state index in [0.717, 1.165) is 33.2 Å². The van der Waals surface area contributed by atoms with E-state index in [-0.39, 0.29) is 0 Å². The number of ether oxygens (including phenoxy) is 1. The molecule has 0 saturated carbocycles. The van der Waals surface area contributed by atoms with Gasteiger partial charge in [-0.2, -0.15) is 0 Å². The van der Waals surface area contributed by atoms with Crippen LogP contribution in [0.25, 0.3) is 72.2 Å². The smallest absolute Gasteiger partial charge is 0.535 e. The average molecular weight is 560 g/mol. The van der Waals surface area contributed by atoms with Crippen molar-refractivity contribution in [2.45, 2.75) is 0 Å². The zero-order valence-corrected chi connectivity index (χ0v) is 23.1. The molecule has 0 fully saturated rings. The van der Waals surface area contributed by atoms with Crippen LogP contribution in [-0.2, 0) is 0 Å². The van der Waals surface area contributed by atoms with E-state index in [1.807, 2.05) is 48.5 Å². The lowest BCUT2D eigenvalue weighted by Gasteiger charge is -2.11. The van der Waals surface area contributed by atoms with Gasteiger partial charge < -0.3 is 23.4 Å². The van der Waals surface area contributed by atoms with Gasteiger partial charge in [-0.15, -0.1) is 0 Å². The summed E-state index contributed by atoms with van der Waals surface area (Å²) in [6.07, 6.45) is 0. The second-order valence-electron chi connectivity index (χ2n) is 10.2. The maximum Gasteiger partial charge on any atom is 0.569 e. The summed E-state index contributed by atoms with van der Waals surface area (Å²) in [6.45, 7) is 0. The molecule has 8 aromatic rings. The predicted molar refractivity (Wildman–Crippen MR) is 170 cm³/mol. The van der Waals surface area contributed by atoms with Gasteiger partial charge in [-0.3, -0.25) is 0 Å². The van der Waals surface area contributed by atoms with Gasteiger partial charge in [-0.1, -0.05) is 78.9 Å². The van der Waals surface area contributed by atoms with Gasteiger partial charge in [0, 0.05) is 27.6 Å². The number of furan rings is 1. The summed E-state index contributed by atoms with van der Waals surface area (Å²) in [7, 11) is 2.14. The van der Waals surface area contributed by atoms with Gasteiger partial charge in [-0.05, 0) is 36.4 Å². The fourth-order valence-corrected chi connectivity index (χ4v) is 5.91. The number of fused-ring (bicyclic) bond motifs is 6. The van der Waals surface area contributed by atoms with Crippen LogP contribution in [0.5, 0.6) is 11.5 Å². The second kappa shape index (κ2) is 10.0. The van der Waals surface area contributed by atoms with E-state index in [2.05, 4.69) is 65.2 Å². The molecule has 43 heavy (non-hydrogen) atoms. The van der Waals surface area contributed by atoms with E-state index in [0.29, 0.717) is 47.4 Å². The van der Waals surface area contributed by atoms with E-state index in [9.17, 15) is 5.02 Å². The Bertz CT molecular complexity index is 2260. The zero-order chi connectivity index (χ0) is 28.9. The van der Waals surface area contributed by atoms with Crippen LogP contribution in [0.15, 0.2) is 120 Å². The Hall–Kier alpha value is -5.60. The highest BCUT2D eigenvalue weighted by Gasteiger charge is 2.22. The van der Waals surface area contributed by atoms with Gasteiger partial charge in [0.25, 0.3) is 0 Å². The van der Waals surface area contributed by atoms with Gasteiger partial charge in [0.1, 0.15) is 17.0 Å². The molecule has 5 aromatic carbocycles. The summed E-state index contributed by atoms with van der Waals surface area (Å²) < 4.78 is 19.6. The van der Waals surface area contributed by atoms with Crippen molar-refractivity contribution in [1.82, 2.24) is 14.5 Å². The number of benzene rings is 5. The van der Waals surface area contributed by atoms with Crippen LogP contribution in [0.4, 0.5) is 0 Å². The Labute approximate surface area is 246 Å². The number of nitrogens with zero attached hydrogens (tertiary/aromatic N) is 3. The monoisotopic (exact) mass is 560 g/mol. The van der Waals surface area contributed by atoms with Crippen LogP contribution >= 0.6 is 0 Å². The van der Waals surface area contributed by atoms with Gasteiger partial charge in [0.2, 0.25) is 5.75 Å². The number of rotatable bonds is 6. The molecular weight excluding hydrogens is 537 g/mol. The Morgan fingerprint density at radius 1 is 0.698 bits per heavy atom. The minimum absolute atomic E-state index is 0.324. The Morgan fingerprint density at radius 3 is 2.12 bits per heavy atom. The van der Waals surface area contributed by atoms with Crippen LogP contribution in [0.2, 0.25) is 0 Å². The summed E-state index contributed by atoms with van der Waals surface area (Å²) in [6, 6.07) is 38.7. The van der Waals surface area contributed by atoms with Crippen LogP contribution in [-0.4, -0.2) is 34.4 Å². The second-order valence-corrected chi connectivity index (χ2v) is 10.2. The first-order valence-electron chi connectivity index (χ1n) is 13.8. The highest BCUT2D eigenvalue weighted by Crippen LogP contribution is 2.43. The first-order chi connectivity index (χ1) is 21.2. The van der Waals surface area contributed by atoms with Crippen molar-refractivity contribution in [2.75, 3.05) is 7.11 Å². The molecule has 7 nitrogen and oxygen atoms in total. The van der Waals surface area contributed by atoms with Crippen molar-refractivity contribution in [3.8, 4) is 39.8 Å². The number of hydrogen-bond acceptors (Lipinski definition) is 6. The van der Waals surface area contributed by atoms with Gasteiger partial charge in [-0.25, -0.2) is 9.97 Å². The number of methoxy groups -OCH3 is 1. The first kappa shape index (κ1) is 25.1. The Balaban J connectivity index is 1.38. The molecule has 8 rings (SSSR count). The summed E-state index contributed by atoms with van der Waals surface area (Å²) >= 11 is 0. The maximum atomic E-state index is 9.26. The van der Waals surface area contributed by atoms with Gasteiger partial charge in [0.05, 0.1) is 23.5 Å². The molecule has 3 aromatic heterocycles. The topological polar surface area (TPSA) is 82.5 Å². The third-order valence-electron chi connectivity index (χ3n) is 7.77. The number of para-hydroxylation sites is 2. The fraction of sp³-hybridized carbons (Fsp3) is 0.0286. The van der Waals surface area contributed by atoms with E-state index in [1.165, 1.54) is 17.9 Å². The molecule has 0 saturated heterocycles. The molecule has 0 amide bonds. The molecule has 1 N–H and O–H groups in total. The fourth-order valence-electron chi connectivity index (χ4n) is 5.91. The molecule has 205 valence electrons. The number of hydrogen-bond donors (Lipinski definition) is 1. The molecule has 8 heteroatoms. The zero-order valence-electron chi connectivity index (χ0n) is 23.1. The lowest BCUT2D eigenvalue weighted by Crippen LogP contribution is -2.01. The van der Waals surface area contributed by atoms with Crippen molar-refractivity contribution in [1.29, 1.82) is 0 Å². The highest BCUT2D eigenvalue weighted by molar-refractivity contribution is 6.18. The maximum absolute atomic E-state index is 9.26. The van der Waals surface area contributed by atoms with E-state index >= 15 is 0 Å². The average Bonchev–Trinajstić information content (AvgIpc) is 3.61. The molecule has 1 radical (unpaired) electrons. The molecule has 0 spiro atoms. The number of aromatic nitrogens is 3. The van der Waals surface area contributed by atoms with Crippen LogP contribution in [0.3, 0.4) is 0 Å². The molecule has 3 heterocycles. The van der Waals surface area contributed by atoms with Gasteiger partial charge >= 0.3 is 7.69 Å². The van der Waals surface area contributed by atoms with E-state index < -0.39 is 0 Å². The van der Waals surface area contributed by atoms with Crippen molar-refractivity contribution < 1.29 is 18.8 Å². The standard InChI is InChI=1S/C35H23BN3O4/c1-41-33-29(43-36-40)19-18-26-31-34(42-32(26)33)30(21-10-3-2-4-11-21)37-35(38-31)22-12-9-13-23(20-22)39-27-16-7-5-14-24(27)25-15-6-8-17-28(25)39/h2-20,40H,1H3. The SMILES string of the molecule is COc1c(O[B]O)ccc2c1oc1c(-c3ccccc3)nc(-c3cccc(-n4c5ccccc5c5ccccc54)c3)nc12.